The molecule has 0 N–H and O–H groups in total. The van der Waals surface area contributed by atoms with Gasteiger partial charge in [0, 0.05) is 116 Å². The van der Waals surface area contributed by atoms with Gasteiger partial charge in [-0.1, -0.05) is 297 Å². The molecule has 0 fully saturated rings. The predicted molar refractivity (Wildman–Crippen MR) is 540 cm³/mol. The van der Waals surface area contributed by atoms with Crippen molar-refractivity contribution in [1.82, 2.24) is 13.7 Å². The maximum atomic E-state index is 2.45. The van der Waals surface area contributed by atoms with Crippen molar-refractivity contribution in [3.8, 4) is 17.1 Å². The quantitative estimate of drug-likeness (QED) is 0.0956. The molecule has 25 aromatic rings. The van der Waals surface area contributed by atoms with E-state index in [0.29, 0.717) is 0 Å². The van der Waals surface area contributed by atoms with Gasteiger partial charge in [-0.3, -0.25) is 0 Å². The first-order valence-electron chi connectivity index (χ1n) is 43.5. The van der Waals surface area contributed by atoms with E-state index in [-0.39, 0.29) is 0 Å². The normalized spacial score (nSPS) is 11.6. The average Bonchev–Trinajstić information content (AvgIpc) is 1.37. The number of anilines is 12. The van der Waals surface area contributed by atoms with Crippen molar-refractivity contribution >= 4 is 198 Å². The fourth-order valence-corrected chi connectivity index (χ4v) is 20.1. The molecule has 0 bridgehead atoms. The van der Waals surface area contributed by atoms with Gasteiger partial charge in [-0.05, 0) is 237 Å². The van der Waals surface area contributed by atoms with E-state index in [0.717, 1.165) is 90.7 Å². The minimum atomic E-state index is 1.09. The highest BCUT2D eigenvalue weighted by Crippen LogP contribution is 2.53. The lowest BCUT2D eigenvalue weighted by Crippen LogP contribution is -2.12. The first-order chi connectivity index (χ1) is 63.1. The zero-order valence-corrected chi connectivity index (χ0v) is 69.4. The maximum absolute atomic E-state index is 2.45. The van der Waals surface area contributed by atoms with Crippen LogP contribution in [0, 0.1) is 0 Å². The minimum absolute atomic E-state index is 1.09. The summed E-state index contributed by atoms with van der Waals surface area (Å²) in [5, 5.41) is 21.8. The fourth-order valence-electron chi connectivity index (χ4n) is 20.1. The second-order valence-corrected chi connectivity index (χ2v) is 32.6. The van der Waals surface area contributed by atoms with E-state index in [1.165, 1.54) is 125 Å². The van der Waals surface area contributed by atoms with Crippen molar-refractivity contribution in [1.29, 1.82) is 0 Å². The topological polar surface area (TPSA) is 27.8 Å². The summed E-state index contributed by atoms with van der Waals surface area (Å²) in [6.07, 6.45) is 0. The Kier molecular flexibility index (Phi) is 18.1. The highest BCUT2D eigenvalue weighted by Gasteiger charge is 2.28. The van der Waals surface area contributed by atoms with Crippen LogP contribution in [0.4, 0.5) is 68.2 Å². The van der Waals surface area contributed by atoms with Crippen LogP contribution < -0.4 is 19.6 Å². The Morgan fingerprint density at radius 2 is 0.307 bits per heavy atom. The van der Waals surface area contributed by atoms with E-state index >= 15 is 0 Å². The molecular weight excluding hydrogens is 1540 g/mol. The molecule has 7 nitrogen and oxygen atoms in total. The Morgan fingerprint density at radius 3 is 0.543 bits per heavy atom. The Hall–Kier alpha value is -17.0. The van der Waals surface area contributed by atoms with Gasteiger partial charge in [0.1, 0.15) is 0 Å². The third-order valence-electron chi connectivity index (χ3n) is 25.5. The highest BCUT2D eigenvalue weighted by atomic mass is 15.2. The predicted octanol–water partition coefficient (Wildman–Crippen LogP) is 33.5. The summed E-state index contributed by atoms with van der Waals surface area (Å²) in [5.74, 6) is 0. The number of rotatable bonds is 15. The molecule has 0 amide bonds. The monoisotopic (exact) mass is 1620 g/mol. The van der Waals surface area contributed by atoms with Crippen molar-refractivity contribution in [2.24, 2.45) is 0 Å². The van der Waals surface area contributed by atoms with Crippen LogP contribution in [0.25, 0.3) is 147 Å². The summed E-state index contributed by atoms with van der Waals surface area (Å²) in [6, 6.07) is 179. The SMILES string of the molecule is c1ccc(N(c2ccc3c(c2)c2ccccc2n3-c2ccccc2)c2cc3cc(N(c4ccccc4)c4ccc5c(c4)c4ccccc4n5-c4ccccc4)c4ccccc4c3c3ccccc23)cc1.c1ccc(N(c2ccccc2)c2cc3cc(N(c4ccccc4)c4ccc5c(c4)c4ccccc4n5-c4ccccc4)c4ccccc4c3c3ccccc23)cc1. The van der Waals surface area contributed by atoms with Crippen molar-refractivity contribution in [2.45, 2.75) is 0 Å². The number of hydrogen-bond acceptors (Lipinski definition) is 4. The van der Waals surface area contributed by atoms with Gasteiger partial charge < -0.3 is 33.3 Å². The smallest absolute Gasteiger partial charge is 0.0546 e. The van der Waals surface area contributed by atoms with Crippen molar-refractivity contribution in [2.75, 3.05) is 19.6 Å². The van der Waals surface area contributed by atoms with E-state index in [4.69, 9.17) is 0 Å². The number of fused-ring (bicyclic) bond motifs is 19. The molecule has 0 atom stereocenters. The lowest BCUT2D eigenvalue weighted by molar-refractivity contribution is 1.18. The largest absolute Gasteiger partial charge is 0.310 e. The van der Waals surface area contributed by atoms with Gasteiger partial charge in [0.25, 0.3) is 0 Å². The third kappa shape index (κ3) is 12.6. The van der Waals surface area contributed by atoms with Gasteiger partial charge in [0.2, 0.25) is 0 Å². The van der Waals surface area contributed by atoms with E-state index in [1.807, 2.05) is 0 Å². The van der Waals surface area contributed by atoms with Crippen LogP contribution in [0.2, 0.25) is 0 Å². The van der Waals surface area contributed by atoms with Crippen LogP contribution >= 0.6 is 0 Å². The molecule has 3 heterocycles. The molecule has 0 unspecified atom stereocenters. The molecule has 3 aromatic heterocycles. The molecule has 0 aliphatic carbocycles. The Balaban J connectivity index is 0.000000145. The number of para-hydroxylation sites is 11. The summed E-state index contributed by atoms with van der Waals surface area (Å²) in [4.78, 5) is 9.74. The summed E-state index contributed by atoms with van der Waals surface area (Å²) < 4.78 is 7.15. The van der Waals surface area contributed by atoms with Crippen molar-refractivity contribution in [3.05, 3.63) is 491 Å². The van der Waals surface area contributed by atoms with Crippen LogP contribution in [0.15, 0.2) is 491 Å². The number of nitrogens with zero attached hydrogens (tertiary/aromatic N) is 7. The van der Waals surface area contributed by atoms with E-state index in [1.54, 1.807) is 0 Å². The molecular formula is C120H81N7. The zero-order valence-electron chi connectivity index (χ0n) is 69.4. The Labute approximate surface area is 735 Å². The number of benzene rings is 22. The summed E-state index contributed by atoms with van der Waals surface area (Å²) >= 11 is 0. The number of hydrogen-bond donors (Lipinski definition) is 0. The second-order valence-electron chi connectivity index (χ2n) is 32.6. The second kappa shape index (κ2) is 31.2. The minimum Gasteiger partial charge on any atom is -0.310 e. The lowest BCUT2D eigenvalue weighted by Gasteiger charge is -2.30. The number of aromatic nitrogens is 3. The molecule has 0 radical (unpaired) electrons. The van der Waals surface area contributed by atoms with Crippen LogP contribution in [0.5, 0.6) is 0 Å². The van der Waals surface area contributed by atoms with Crippen LogP contribution in [-0.4, -0.2) is 13.7 Å². The molecule has 0 aliphatic rings. The fraction of sp³-hybridized carbons (Fsp3) is 0. The first kappa shape index (κ1) is 73.9. The summed E-state index contributed by atoms with van der Waals surface area (Å²) in [6.45, 7) is 0. The van der Waals surface area contributed by atoms with Gasteiger partial charge in [-0.25, -0.2) is 0 Å². The molecule has 0 saturated heterocycles. The van der Waals surface area contributed by atoms with Crippen LogP contribution in [0.1, 0.15) is 0 Å². The van der Waals surface area contributed by atoms with Gasteiger partial charge >= 0.3 is 0 Å². The summed E-state index contributed by atoms with van der Waals surface area (Å²) in [5.41, 5.74) is 23.8. The summed E-state index contributed by atoms with van der Waals surface area (Å²) in [7, 11) is 0. The van der Waals surface area contributed by atoms with Gasteiger partial charge in [-0.2, -0.15) is 0 Å². The van der Waals surface area contributed by atoms with Gasteiger partial charge in [-0.15, -0.1) is 0 Å². The van der Waals surface area contributed by atoms with Crippen LogP contribution in [-0.2, 0) is 0 Å². The molecule has 0 spiro atoms. The van der Waals surface area contributed by atoms with Gasteiger partial charge in [0.15, 0.2) is 0 Å². The van der Waals surface area contributed by atoms with E-state index in [2.05, 4.69) is 525 Å². The van der Waals surface area contributed by atoms with Gasteiger partial charge in [0.05, 0.1) is 55.8 Å². The maximum Gasteiger partial charge on any atom is 0.0546 e. The first-order valence-corrected chi connectivity index (χ1v) is 43.5. The molecule has 22 aromatic carbocycles. The van der Waals surface area contributed by atoms with Crippen LogP contribution in [0.3, 0.4) is 0 Å². The highest BCUT2D eigenvalue weighted by molar-refractivity contribution is 6.29. The lowest BCUT2D eigenvalue weighted by atomic mass is 9.93. The third-order valence-corrected chi connectivity index (χ3v) is 25.5. The molecule has 0 aliphatic heterocycles. The molecule has 0 saturated carbocycles. The van der Waals surface area contributed by atoms with Crippen molar-refractivity contribution < 1.29 is 0 Å². The molecule has 7 heteroatoms. The van der Waals surface area contributed by atoms with E-state index in [9.17, 15) is 0 Å². The average molecular weight is 1620 g/mol. The zero-order chi connectivity index (χ0) is 83.8. The van der Waals surface area contributed by atoms with Crippen molar-refractivity contribution in [3.63, 3.8) is 0 Å². The molecule has 127 heavy (non-hydrogen) atoms. The molecule has 596 valence electrons. The van der Waals surface area contributed by atoms with E-state index < -0.39 is 0 Å². The Bertz CT molecular complexity index is 8190. The molecule has 25 rings (SSSR count). The standard InChI is InChI=1S/C66H44N4.C54H37N3/c1-5-21-46(22-6-1)67(50-37-39-62-58(43-50)54-31-17-19-35-60(54)69(62)48-25-9-3-10-26-48)64-41-45-42-65(53-30-14-16-34-57(53)66(45)56-33-15-13-29-52(56)64)68(47-23-7-2-8-24-47)51-38-40-63-59(44-51)55-32-18-20-36-61(55)70(63)49-27-11-4-12-28-49;1-5-19-39(20-6-1)55(40-21-7-2-8-22-40)52-35-38-36-53(45-28-14-16-31-48(45)54(38)47-30-15-13-27-44(47)52)56(41-23-9-3-10-24-41)43-33-34-51-49(37-43)46-29-17-18-32-50(46)57(51)42-25-11-4-12-26-42/h1-44H;1-37H. The Morgan fingerprint density at radius 1 is 0.126 bits per heavy atom.